The molecule has 0 fully saturated rings. The minimum atomic E-state index is -0.562. The third kappa shape index (κ3) is 2.24. The first-order chi connectivity index (χ1) is 8.61. The van der Waals surface area contributed by atoms with Crippen LogP contribution in [0.15, 0.2) is 24.4 Å². The first-order valence-corrected chi connectivity index (χ1v) is 5.05. The van der Waals surface area contributed by atoms with Crippen LogP contribution in [-0.2, 0) is 0 Å². The molecule has 2 aromatic rings. The van der Waals surface area contributed by atoms with Gasteiger partial charge in [-0.3, -0.25) is 9.89 Å². The van der Waals surface area contributed by atoms with E-state index in [2.05, 4.69) is 15.5 Å². The van der Waals surface area contributed by atoms with Crippen molar-refractivity contribution in [3.05, 3.63) is 35.9 Å². The molecule has 0 unspecified atom stereocenters. The van der Waals surface area contributed by atoms with Crippen LogP contribution in [0.3, 0.4) is 0 Å². The first kappa shape index (κ1) is 11.9. The van der Waals surface area contributed by atoms with Crippen molar-refractivity contribution in [1.29, 1.82) is 0 Å². The smallest absolute Gasteiger partial charge is 0.275 e. The van der Waals surface area contributed by atoms with Crippen molar-refractivity contribution in [2.45, 2.75) is 0 Å². The molecule has 0 bridgehead atoms. The van der Waals surface area contributed by atoms with Crippen LogP contribution in [-0.4, -0.2) is 23.2 Å². The molecule has 94 valence electrons. The lowest BCUT2D eigenvalue weighted by Crippen LogP contribution is -2.14. The molecule has 4 N–H and O–H groups in total. The largest absolute Gasteiger partial charge is 0.494 e. The van der Waals surface area contributed by atoms with E-state index in [0.29, 0.717) is 5.69 Å². The topological polar surface area (TPSA) is 93.0 Å². The quantitative estimate of drug-likeness (QED) is 0.767. The van der Waals surface area contributed by atoms with Gasteiger partial charge in [-0.15, -0.1) is 0 Å². The van der Waals surface area contributed by atoms with Gasteiger partial charge in [0.2, 0.25) is 0 Å². The molecule has 0 aliphatic carbocycles. The minimum absolute atomic E-state index is 0.106. The van der Waals surface area contributed by atoms with E-state index in [0.717, 1.165) is 6.07 Å². The number of methoxy groups -OCH3 is 1. The first-order valence-electron chi connectivity index (χ1n) is 5.05. The minimum Gasteiger partial charge on any atom is -0.494 e. The number of aromatic amines is 1. The number of amides is 1. The second-order valence-corrected chi connectivity index (χ2v) is 3.50. The molecule has 6 nitrogen and oxygen atoms in total. The Morgan fingerprint density at radius 3 is 2.89 bits per heavy atom. The monoisotopic (exact) mass is 250 g/mol. The van der Waals surface area contributed by atoms with E-state index >= 15 is 0 Å². The Balaban J connectivity index is 2.17. The molecular weight excluding hydrogens is 239 g/mol. The van der Waals surface area contributed by atoms with E-state index in [4.69, 9.17) is 10.5 Å². The molecule has 1 heterocycles. The lowest BCUT2D eigenvalue weighted by molar-refractivity contribution is 0.102. The summed E-state index contributed by atoms with van der Waals surface area (Å²) in [6, 6.07) is 4.09. The summed E-state index contributed by atoms with van der Waals surface area (Å²) in [6.07, 6.45) is 1.32. The number of aromatic nitrogens is 2. The predicted molar refractivity (Wildman–Crippen MR) is 63.9 cm³/mol. The van der Waals surface area contributed by atoms with Crippen molar-refractivity contribution >= 4 is 17.3 Å². The second-order valence-electron chi connectivity index (χ2n) is 3.50. The van der Waals surface area contributed by atoms with Gasteiger partial charge in [-0.1, -0.05) is 0 Å². The number of nitrogens with one attached hydrogen (secondary N) is 2. The summed E-state index contributed by atoms with van der Waals surface area (Å²) in [5, 5.41) is 8.57. The molecule has 18 heavy (non-hydrogen) atoms. The molecule has 0 atom stereocenters. The Morgan fingerprint density at radius 2 is 2.33 bits per heavy atom. The van der Waals surface area contributed by atoms with Crippen LogP contribution >= 0.6 is 0 Å². The van der Waals surface area contributed by atoms with Crippen molar-refractivity contribution in [2.24, 2.45) is 0 Å². The standard InChI is InChI=1S/C11H11FN4O2/c1-18-9-3-2-6(4-7(9)12)15-11(17)10-8(13)5-14-16-10/h2-5H,13H2,1H3,(H,14,16)(H,15,17). The highest BCUT2D eigenvalue weighted by atomic mass is 19.1. The van der Waals surface area contributed by atoms with E-state index in [9.17, 15) is 9.18 Å². The summed E-state index contributed by atoms with van der Waals surface area (Å²) in [5.74, 6) is -0.948. The number of rotatable bonds is 3. The number of anilines is 2. The fourth-order valence-corrected chi connectivity index (χ4v) is 1.42. The maximum atomic E-state index is 13.4. The van der Waals surface area contributed by atoms with Gasteiger partial charge in [0.15, 0.2) is 11.6 Å². The number of ether oxygens (including phenoxy) is 1. The zero-order valence-corrected chi connectivity index (χ0v) is 9.53. The van der Waals surface area contributed by atoms with Crippen LogP contribution in [0, 0.1) is 5.82 Å². The van der Waals surface area contributed by atoms with Crippen molar-refractivity contribution < 1.29 is 13.9 Å². The number of carbonyl (C=O) groups is 1. The van der Waals surface area contributed by atoms with Crippen LogP contribution in [0.2, 0.25) is 0 Å². The van der Waals surface area contributed by atoms with Crippen LogP contribution in [0.4, 0.5) is 15.8 Å². The molecule has 0 radical (unpaired) electrons. The molecule has 1 aromatic carbocycles. The summed E-state index contributed by atoms with van der Waals surface area (Å²) in [4.78, 5) is 11.7. The van der Waals surface area contributed by atoms with Crippen LogP contribution in [0.5, 0.6) is 5.75 Å². The van der Waals surface area contributed by atoms with Gasteiger partial charge in [0.1, 0.15) is 5.69 Å². The highest BCUT2D eigenvalue weighted by Crippen LogP contribution is 2.21. The molecule has 0 aliphatic heterocycles. The Morgan fingerprint density at radius 1 is 1.56 bits per heavy atom. The number of H-pyrrole nitrogens is 1. The molecule has 2 rings (SSSR count). The van der Waals surface area contributed by atoms with Crippen LogP contribution in [0.1, 0.15) is 10.5 Å². The van der Waals surface area contributed by atoms with Gasteiger partial charge in [0.25, 0.3) is 5.91 Å². The van der Waals surface area contributed by atoms with Crippen molar-refractivity contribution in [2.75, 3.05) is 18.2 Å². The number of nitrogen functional groups attached to an aromatic ring is 1. The SMILES string of the molecule is COc1ccc(NC(=O)c2[nH]ncc2N)cc1F. The van der Waals surface area contributed by atoms with Crippen molar-refractivity contribution in [3.8, 4) is 5.75 Å². The molecule has 0 saturated heterocycles. The molecular formula is C11H11FN4O2. The number of hydrogen-bond donors (Lipinski definition) is 3. The van der Waals surface area contributed by atoms with Crippen molar-refractivity contribution in [3.63, 3.8) is 0 Å². The Bertz CT molecular complexity index is 582. The number of benzene rings is 1. The summed E-state index contributed by atoms with van der Waals surface area (Å²) in [7, 11) is 1.36. The Labute approximate surface area is 102 Å². The van der Waals surface area contributed by atoms with Crippen LogP contribution < -0.4 is 15.8 Å². The van der Waals surface area contributed by atoms with E-state index in [1.165, 1.54) is 25.4 Å². The average molecular weight is 250 g/mol. The highest BCUT2D eigenvalue weighted by Gasteiger charge is 2.12. The zero-order valence-electron chi connectivity index (χ0n) is 9.53. The zero-order chi connectivity index (χ0) is 13.1. The third-order valence-electron chi connectivity index (χ3n) is 2.31. The fraction of sp³-hybridized carbons (Fsp3) is 0.0909. The summed E-state index contributed by atoms with van der Waals surface area (Å²) < 4.78 is 18.2. The van der Waals surface area contributed by atoms with Gasteiger partial charge in [0.05, 0.1) is 19.0 Å². The number of halogens is 1. The van der Waals surface area contributed by atoms with Crippen molar-refractivity contribution in [1.82, 2.24) is 10.2 Å². The Kier molecular flexibility index (Phi) is 3.13. The maximum Gasteiger partial charge on any atom is 0.275 e. The normalized spacial score (nSPS) is 10.1. The van der Waals surface area contributed by atoms with Gasteiger partial charge in [-0.25, -0.2) is 4.39 Å². The van der Waals surface area contributed by atoms with E-state index in [1.54, 1.807) is 0 Å². The van der Waals surface area contributed by atoms with Gasteiger partial charge in [-0.05, 0) is 12.1 Å². The second kappa shape index (κ2) is 4.74. The fourth-order valence-electron chi connectivity index (χ4n) is 1.42. The predicted octanol–water partition coefficient (Wildman–Crippen LogP) is 1.39. The number of carbonyl (C=O) groups excluding carboxylic acids is 1. The molecule has 1 amide bonds. The lowest BCUT2D eigenvalue weighted by atomic mass is 10.2. The summed E-state index contributed by atoms with van der Waals surface area (Å²) in [6.45, 7) is 0. The average Bonchev–Trinajstić information content (AvgIpc) is 2.76. The molecule has 0 spiro atoms. The maximum absolute atomic E-state index is 13.4. The Hall–Kier alpha value is -2.57. The van der Waals surface area contributed by atoms with E-state index in [1.807, 2.05) is 0 Å². The molecule has 0 aliphatic rings. The molecule has 7 heteroatoms. The lowest BCUT2D eigenvalue weighted by Gasteiger charge is -2.06. The van der Waals surface area contributed by atoms with Gasteiger partial charge in [-0.2, -0.15) is 5.10 Å². The van der Waals surface area contributed by atoms with Gasteiger partial charge in [0, 0.05) is 11.8 Å². The number of nitrogens with two attached hydrogens (primary N) is 1. The van der Waals surface area contributed by atoms with E-state index < -0.39 is 11.7 Å². The number of hydrogen-bond acceptors (Lipinski definition) is 4. The summed E-state index contributed by atoms with van der Waals surface area (Å²) in [5.41, 5.74) is 6.17. The molecule has 0 saturated carbocycles. The number of nitrogens with zero attached hydrogens (tertiary/aromatic N) is 1. The third-order valence-corrected chi connectivity index (χ3v) is 2.31. The van der Waals surface area contributed by atoms with E-state index in [-0.39, 0.29) is 17.1 Å². The molecule has 1 aromatic heterocycles. The van der Waals surface area contributed by atoms with Crippen LogP contribution in [0.25, 0.3) is 0 Å². The van der Waals surface area contributed by atoms with Gasteiger partial charge >= 0.3 is 0 Å². The summed E-state index contributed by atoms with van der Waals surface area (Å²) >= 11 is 0. The van der Waals surface area contributed by atoms with Gasteiger partial charge < -0.3 is 15.8 Å². The highest BCUT2D eigenvalue weighted by molar-refractivity contribution is 6.06.